The summed E-state index contributed by atoms with van der Waals surface area (Å²) in [5.74, 6) is 1.03. The van der Waals surface area contributed by atoms with E-state index in [0.29, 0.717) is 6.54 Å². The topological polar surface area (TPSA) is 44.5 Å². The summed E-state index contributed by atoms with van der Waals surface area (Å²) in [5, 5.41) is 10.3. The Morgan fingerprint density at radius 3 is 2.48 bits per heavy atom. The number of aliphatic hydroxyl groups excluding tert-OH is 1. The number of piperazine rings is 1. The second-order valence-corrected chi connectivity index (χ2v) is 5.55. The second kappa shape index (κ2) is 6.28. The normalized spacial score (nSPS) is 17.9. The lowest BCUT2D eigenvalue weighted by atomic mass is 10.1. The number of rotatable bonds is 4. The Kier molecular flexibility index (Phi) is 4.22. The molecule has 3 rings (SSSR count). The highest BCUT2D eigenvalue weighted by Crippen LogP contribution is 2.17. The molecular formula is C16H22N4O. The van der Waals surface area contributed by atoms with E-state index in [0.717, 1.165) is 37.7 Å². The third kappa shape index (κ3) is 3.25. The van der Waals surface area contributed by atoms with Crippen LogP contribution in [0.3, 0.4) is 0 Å². The van der Waals surface area contributed by atoms with Crippen molar-refractivity contribution in [2.24, 2.45) is 7.05 Å². The number of nitrogens with zero attached hydrogens (tertiary/aromatic N) is 4. The molecule has 2 heterocycles. The van der Waals surface area contributed by atoms with Gasteiger partial charge in [-0.25, -0.2) is 4.98 Å². The molecule has 0 aliphatic carbocycles. The molecule has 1 aliphatic heterocycles. The van der Waals surface area contributed by atoms with Gasteiger partial charge < -0.3 is 14.6 Å². The Bertz CT molecular complexity index is 561. The maximum absolute atomic E-state index is 10.3. The molecule has 1 atom stereocenters. The van der Waals surface area contributed by atoms with Crippen molar-refractivity contribution in [3.05, 3.63) is 48.3 Å². The SMILES string of the molecule is Cn1ccnc1N1CCN(C[C@H](O)c2ccccc2)CC1. The van der Waals surface area contributed by atoms with Gasteiger partial charge in [-0.3, -0.25) is 4.90 Å². The maximum atomic E-state index is 10.3. The zero-order valence-corrected chi connectivity index (χ0v) is 12.4. The zero-order chi connectivity index (χ0) is 14.7. The monoisotopic (exact) mass is 286 g/mol. The molecule has 1 aliphatic rings. The van der Waals surface area contributed by atoms with E-state index in [4.69, 9.17) is 0 Å². The minimum Gasteiger partial charge on any atom is -0.387 e. The van der Waals surface area contributed by atoms with Gasteiger partial charge in [-0.05, 0) is 5.56 Å². The van der Waals surface area contributed by atoms with Crippen LogP contribution in [-0.4, -0.2) is 52.3 Å². The first-order chi connectivity index (χ1) is 10.2. The average molecular weight is 286 g/mol. The fourth-order valence-corrected chi connectivity index (χ4v) is 2.82. The number of β-amino-alcohol motifs (C(OH)–C–C–N with tert-alkyl or cyclic N) is 1. The largest absolute Gasteiger partial charge is 0.387 e. The highest BCUT2D eigenvalue weighted by atomic mass is 16.3. The highest BCUT2D eigenvalue weighted by molar-refractivity contribution is 5.31. The second-order valence-electron chi connectivity index (χ2n) is 5.55. The molecule has 0 spiro atoms. The van der Waals surface area contributed by atoms with Crippen LogP contribution in [0.2, 0.25) is 0 Å². The predicted molar refractivity (Wildman–Crippen MR) is 83.3 cm³/mol. The molecule has 5 nitrogen and oxygen atoms in total. The van der Waals surface area contributed by atoms with Crippen molar-refractivity contribution in [2.45, 2.75) is 6.10 Å². The van der Waals surface area contributed by atoms with Gasteiger partial charge in [0.15, 0.2) is 0 Å². The van der Waals surface area contributed by atoms with E-state index in [2.05, 4.69) is 19.4 Å². The summed E-state index contributed by atoms with van der Waals surface area (Å²) in [6.45, 7) is 4.50. The van der Waals surface area contributed by atoms with Gasteiger partial charge >= 0.3 is 0 Å². The predicted octanol–water partition coefficient (Wildman–Crippen LogP) is 1.28. The molecule has 1 saturated heterocycles. The summed E-state index contributed by atoms with van der Waals surface area (Å²) >= 11 is 0. The number of aryl methyl sites for hydroxylation is 1. The number of aromatic nitrogens is 2. The lowest BCUT2D eigenvalue weighted by molar-refractivity contribution is 0.109. The number of benzene rings is 1. The Morgan fingerprint density at radius 2 is 1.86 bits per heavy atom. The van der Waals surface area contributed by atoms with Gasteiger partial charge in [-0.15, -0.1) is 0 Å². The quantitative estimate of drug-likeness (QED) is 0.919. The molecule has 5 heteroatoms. The first-order valence-electron chi connectivity index (χ1n) is 7.41. The van der Waals surface area contributed by atoms with Gasteiger partial charge in [0.1, 0.15) is 0 Å². The summed E-state index contributed by atoms with van der Waals surface area (Å²) in [6, 6.07) is 9.88. The summed E-state index contributed by atoms with van der Waals surface area (Å²) in [7, 11) is 2.02. The van der Waals surface area contributed by atoms with Crippen LogP contribution in [0, 0.1) is 0 Å². The third-order valence-electron chi connectivity index (χ3n) is 4.07. The molecule has 21 heavy (non-hydrogen) atoms. The number of hydrogen-bond acceptors (Lipinski definition) is 4. The van der Waals surface area contributed by atoms with E-state index in [1.807, 2.05) is 49.8 Å². The van der Waals surface area contributed by atoms with Crippen molar-refractivity contribution in [3.8, 4) is 0 Å². The minimum atomic E-state index is -0.411. The van der Waals surface area contributed by atoms with Gasteiger partial charge in [0, 0.05) is 52.2 Å². The van der Waals surface area contributed by atoms with Gasteiger partial charge in [0.05, 0.1) is 6.10 Å². The Morgan fingerprint density at radius 1 is 1.14 bits per heavy atom. The molecule has 2 aromatic rings. The first-order valence-corrected chi connectivity index (χ1v) is 7.41. The lowest BCUT2D eigenvalue weighted by Gasteiger charge is -2.36. The minimum absolute atomic E-state index is 0.411. The molecule has 0 saturated carbocycles. The fraction of sp³-hybridized carbons (Fsp3) is 0.438. The summed E-state index contributed by atoms with van der Waals surface area (Å²) in [5.41, 5.74) is 0.990. The van der Waals surface area contributed by atoms with Crippen molar-refractivity contribution in [1.82, 2.24) is 14.5 Å². The van der Waals surface area contributed by atoms with Crippen LogP contribution >= 0.6 is 0 Å². The summed E-state index contributed by atoms with van der Waals surface area (Å²) in [4.78, 5) is 9.01. The number of aliphatic hydroxyl groups is 1. The smallest absolute Gasteiger partial charge is 0.205 e. The molecule has 1 aromatic carbocycles. The molecule has 0 unspecified atom stereocenters. The Hall–Kier alpha value is -1.85. The van der Waals surface area contributed by atoms with Crippen molar-refractivity contribution in [3.63, 3.8) is 0 Å². The van der Waals surface area contributed by atoms with Gasteiger partial charge in [0.25, 0.3) is 0 Å². The van der Waals surface area contributed by atoms with Gasteiger partial charge in [0.2, 0.25) is 5.95 Å². The molecular weight excluding hydrogens is 264 g/mol. The molecule has 112 valence electrons. The summed E-state index contributed by atoms with van der Waals surface area (Å²) in [6.07, 6.45) is 3.40. The molecule has 0 bridgehead atoms. The van der Waals surface area contributed by atoms with E-state index in [-0.39, 0.29) is 0 Å². The average Bonchev–Trinajstić information content (AvgIpc) is 2.95. The van der Waals surface area contributed by atoms with E-state index < -0.39 is 6.10 Å². The van der Waals surface area contributed by atoms with Gasteiger partial charge in [-0.1, -0.05) is 30.3 Å². The third-order valence-corrected chi connectivity index (χ3v) is 4.07. The fourth-order valence-electron chi connectivity index (χ4n) is 2.82. The molecule has 1 aromatic heterocycles. The van der Waals surface area contributed by atoms with Gasteiger partial charge in [-0.2, -0.15) is 0 Å². The molecule has 0 radical (unpaired) electrons. The van der Waals surface area contributed by atoms with E-state index >= 15 is 0 Å². The number of hydrogen-bond donors (Lipinski definition) is 1. The summed E-state index contributed by atoms with van der Waals surface area (Å²) < 4.78 is 2.05. The molecule has 1 N–H and O–H groups in total. The van der Waals surface area contributed by atoms with Crippen LogP contribution in [0.1, 0.15) is 11.7 Å². The first kappa shape index (κ1) is 14.1. The molecule has 1 fully saturated rings. The molecule has 0 amide bonds. The van der Waals surface area contributed by atoms with Crippen LogP contribution < -0.4 is 4.90 Å². The lowest BCUT2D eigenvalue weighted by Crippen LogP contribution is -2.48. The van der Waals surface area contributed by atoms with E-state index in [1.165, 1.54) is 0 Å². The number of anilines is 1. The van der Waals surface area contributed by atoms with Crippen molar-refractivity contribution in [1.29, 1.82) is 0 Å². The van der Waals surface area contributed by atoms with Crippen molar-refractivity contribution in [2.75, 3.05) is 37.6 Å². The standard InChI is InChI=1S/C16H22N4O/c1-18-8-7-17-16(18)20-11-9-19(10-12-20)13-15(21)14-5-3-2-4-6-14/h2-8,15,21H,9-13H2,1H3/t15-/m0/s1. The Balaban J connectivity index is 1.53. The highest BCUT2D eigenvalue weighted by Gasteiger charge is 2.21. The van der Waals surface area contributed by atoms with E-state index in [1.54, 1.807) is 0 Å². The van der Waals surface area contributed by atoms with Crippen LogP contribution in [0.5, 0.6) is 0 Å². The maximum Gasteiger partial charge on any atom is 0.205 e. The van der Waals surface area contributed by atoms with Crippen LogP contribution in [0.4, 0.5) is 5.95 Å². The van der Waals surface area contributed by atoms with Crippen LogP contribution in [-0.2, 0) is 7.05 Å². The van der Waals surface area contributed by atoms with Crippen LogP contribution in [0.15, 0.2) is 42.7 Å². The number of imidazole rings is 1. The Labute approximate surface area is 125 Å². The van der Waals surface area contributed by atoms with E-state index in [9.17, 15) is 5.11 Å². The zero-order valence-electron chi connectivity index (χ0n) is 12.4. The van der Waals surface area contributed by atoms with Crippen molar-refractivity contribution < 1.29 is 5.11 Å². The van der Waals surface area contributed by atoms with Crippen molar-refractivity contribution >= 4 is 5.95 Å². The van der Waals surface area contributed by atoms with Crippen LogP contribution in [0.25, 0.3) is 0 Å².